The van der Waals surface area contributed by atoms with Gasteiger partial charge in [-0.2, -0.15) is 12.6 Å². The molecule has 10 heteroatoms. The Morgan fingerprint density at radius 1 is 1.05 bits per heavy atom. The van der Waals surface area contributed by atoms with Crippen molar-refractivity contribution in [3.05, 3.63) is 48.4 Å². The zero-order valence-corrected chi connectivity index (χ0v) is 22.4. The zero-order valence-electron chi connectivity index (χ0n) is 21.5. The van der Waals surface area contributed by atoms with Gasteiger partial charge in [-0.25, -0.2) is 4.39 Å². The Morgan fingerprint density at radius 3 is 2.58 bits per heavy atom. The molecule has 1 aromatic heterocycles. The summed E-state index contributed by atoms with van der Waals surface area (Å²) in [4.78, 5) is 27.9. The number of hydrogen-bond acceptors (Lipinski definition) is 7. The number of halogens is 1. The van der Waals surface area contributed by atoms with Crippen molar-refractivity contribution in [2.75, 3.05) is 31.3 Å². The van der Waals surface area contributed by atoms with Crippen LogP contribution < -0.4 is 24.8 Å². The largest absolute Gasteiger partial charge is 0.493 e. The molecule has 4 rings (SSSR count). The third-order valence-corrected chi connectivity index (χ3v) is 6.78. The van der Waals surface area contributed by atoms with Crippen molar-refractivity contribution < 1.29 is 28.2 Å². The first-order chi connectivity index (χ1) is 18.3. The summed E-state index contributed by atoms with van der Waals surface area (Å²) in [5, 5.41) is 6.19. The molecule has 0 aliphatic heterocycles. The number of methoxy groups -OCH3 is 1. The van der Waals surface area contributed by atoms with Gasteiger partial charge in [-0.05, 0) is 56.4 Å². The monoisotopic (exact) mass is 541 g/mol. The number of anilines is 1. The number of fused-ring (bicyclic) bond motifs is 1. The van der Waals surface area contributed by atoms with E-state index in [1.807, 2.05) is 6.92 Å². The summed E-state index contributed by atoms with van der Waals surface area (Å²) in [6.45, 7) is 2.99. The lowest BCUT2D eigenvalue weighted by Gasteiger charge is -2.15. The second-order valence-corrected chi connectivity index (χ2v) is 9.82. The van der Waals surface area contributed by atoms with Gasteiger partial charge in [0.1, 0.15) is 5.75 Å². The molecule has 0 spiro atoms. The highest BCUT2D eigenvalue weighted by molar-refractivity contribution is 7.81. The first kappa shape index (κ1) is 27.5. The molecular weight excluding hydrogens is 509 g/mol. The van der Waals surface area contributed by atoms with E-state index >= 15 is 0 Å². The number of benzene rings is 2. The van der Waals surface area contributed by atoms with Crippen LogP contribution in [0.4, 0.5) is 10.1 Å². The van der Waals surface area contributed by atoms with E-state index < -0.39 is 5.82 Å². The number of carbonyl (C=O) groups excluding carboxylic acids is 2. The van der Waals surface area contributed by atoms with E-state index in [4.69, 9.17) is 14.2 Å². The quantitative estimate of drug-likeness (QED) is 0.195. The molecule has 0 saturated heterocycles. The SMILES string of the molecule is COc1cc2c(Oc3ccc(NC(=O)C4(C)CC4)cc3F)ccnc2cc1OCCCCCNC(=O)CS. The van der Waals surface area contributed by atoms with Gasteiger partial charge in [-0.3, -0.25) is 14.6 Å². The average Bonchev–Trinajstić information content (AvgIpc) is 3.67. The van der Waals surface area contributed by atoms with E-state index in [1.165, 1.54) is 12.1 Å². The molecule has 1 aliphatic carbocycles. The zero-order chi connectivity index (χ0) is 27.1. The third kappa shape index (κ3) is 6.86. The Balaban J connectivity index is 1.40. The predicted octanol–water partition coefficient (Wildman–Crippen LogP) is 5.51. The molecule has 0 bridgehead atoms. The van der Waals surface area contributed by atoms with Crippen molar-refractivity contribution in [2.45, 2.75) is 39.0 Å². The van der Waals surface area contributed by atoms with Gasteiger partial charge in [-0.1, -0.05) is 6.92 Å². The van der Waals surface area contributed by atoms with Crippen LogP contribution in [0.15, 0.2) is 42.6 Å². The summed E-state index contributed by atoms with van der Waals surface area (Å²) in [6.07, 6.45) is 5.81. The van der Waals surface area contributed by atoms with Gasteiger partial charge in [0, 0.05) is 41.4 Å². The molecule has 3 aromatic rings. The first-order valence-corrected chi connectivity index (χ1v) is 13.2. The highest BCUT2D eigenvalue weighted by Gasteiger charge is 2.44. The number of unbranched alkanes of at least 4 members (excludes halogenated alkanes) is 2. The standard InChI is InChI=1S/C28H32FN3O5S/c1-28(9-10-28)27(34)32-18-6-7-23(20(29)14-18)37-22-8-12-30-21-16-25(24(35-2)15-19(21)22)36-13-5-3-4-11-31-26(33)17-38/h6-8,12,14-16,38H,3-5,9-11,13,17H2,1-2H3,(H,31,33)(H,32,34). The fourth-order valence-corrected chi connectivity index (χ4v) is 3.95. The van der Waals surface area contributed by atoms with Crippen LogP contribution in [0.1, 0.15) is 39.0 Å². The number of carbonyl (C=O) groups is 2. The number of rotatable bonds is 13. The summed E-state index contributed by atoms with van der Waals surface area (Å²) < 4.78 is 32.2. The Hall–Kier alpha value is -3.53. The van der Waals surface area contributed by atoms with Gasteiger partial charge in [0.15, 0.2) is 23.1 Å². The molecule has 202 valence electrons. The molecule has 2 N–H and O–H groups in total. The summed E-state index contributed by atoms with van der Waals surface area (Å²) in [7, 11) is 1.55. The molecular formula is C28H32FN3O5S. The minimum atomic E-state index is -0.592. The summed E-state index contributed by atoms with van der Waals surface area (Å²) in [5.74, 6) is 0.897. The van der Waals surface area contributed by atoms with E-state index in [-0.39, 0.29) is 28.7 Å². The third-order valence-electron chi connectivity index (χ3n) is 6.49. The fourth-order valence-electron chi connectivity index (χ4n) is 3.84. The average molecular weight is 542 g/mol. The number of hydrogen-bond donors (Lipinski definition) is 3. The number of nitrogens with zero attached hydrogens (tertiary/aromatic N) is 1. The van der Waals surface area contributed by atoms with E-state index in [0.717, 1.165) is 32.1 Å². The maximum atomic E-state index is 14.9. The molecule has 0 radical (unpaired) electrons. The van der Waals surface area contributed by atoms with E-state index in [0.29, 0.717) is 47.0 Å². The molecule has 1 fully saturated rings. The van der Waals surface area contributed by atoms with Crippen LogP contribution >= 0.6 is 12.6 Å². The number of ether oxygens (including phenoxy) is 3. The maximum Gasteiger partial charge on any atom is 0.230 e. The maximum absolute atomic E-state index is 14.9. The van der Waals surface area contributed by atoms with Gasteiger partial charge in [-0.15, -0.1) is 0 Å². The van der Waals surface area contributed by atoms with Gasteiger partial charge in [0.05, 0.1) is 25.0 Å². The minimum absolute atomic E-state index is 0.0259. The van der Waals surface area contributed by atoms with Crippen molar-refractivity contribution in [1.29, 1.82) is 0 Å². The van der Waals surface area contributed by atoms with E-state index in [9.17, 15) is 14.0 Å². The lowest BCUT2D eigenvalue weighted by Crippen LogP contribution is -2.25. The Kier molecular flexibility index (Phi) is 8.93. The molecule has 38 heavy (non-hydrogen) atoms. The second-order valence-electron chi connectivity index (χ2n) is 9.51. The fraction of sp³-hybridized carbons (Fsp3) is 0.393. The number of thiol groups is 1. The Morgan fingerprint density at radius 2 is 1.87 bits per heavy atom. The number of nitrogens with one attached hydrogen (secondary N) is 2. The highest BCUT2D eigenvalue weighted by Crippen LogP contribution is 2.46. The summed E-state index contributed by atoms with van der Waals surface area (Å²) >= 11 is 3.93. The van der Waals surface area contributed by atoms with Crippen LogP contribution in [-0.2, 0) is 9.59 Å². The smallest absolute Gasteiger partial charge is 0.230 e. The van der Waals surface area contributed by atoms with Crippen molar-refractivity contribution in [1.82, 2.24) is 10.3 Å². The number of amides is 2. The van der Waals surface area contributed by atoms with Crippen molar-refractivity contribution in [2.24, 2.45) is 5.41 Å². The Labute approximate surface area is 226 Å². The van der Waals surface area contributed by atoms with Crippen LogP contribution in [0.3, 0.4) is 0 Å². The number of aromatic nitrogens is 1. The van der Waals surface area contributed by atoms with Gasteiger partial charge < -0.3 is 24.8 Å². The minimum Gasteiger partial charge on any atom is -0.493 e. The first-order valence-electron chi connectivity index (χ1n) is 12.6. The molecule has 8 nitrogen and oxygen atoms in total. The molecule has 1 heterocycles. The molecule has 1 aliphatic rings. The topological polar surface area (TPSA) is 98.8 Å². The lowest BCUT2D eigenvalue weighted by atomic mass is 10.1. The van der Waals surface area contributed by atoms with Crippen molar-refractivity contribution in [3.8, 4) is 23.0 Å². The molecule has 2 amide bonds. The van der Waals surface area contributed by atoms with E-state index in [2.05, 4.69) is 28.2 Å². The van der Waals surface area contributed by atoms with E-state index in [1.54, 1.807) is 37.6 Å². The summed E-state index contributed by atoms with van der Waals surface area (Å²) in [6, 6.07) is 9.53. The van der Waals surface area contributed by atoms with Crippen LogP contribution in [0.25, 0.3) is 10.9 Å². The van der Waals surface area contributed by atoms with Gasteiger partial charge >= 0.3 is 0 Å². The molecule has 0 unspecified atom stereocenters. The molecule has 0 atom stereocenters. The second kappa shape index (κ2) is 12.3. The normalized spacial score (nSPS) is 13.6. The molecule has 2 aromatic carbocycles. The van der Waals surface area contributed by atoms with Crippen LogP contribution in [-0.4, -0.2) is 42.8 Å². The summed E-state index contributed by atoms with van der Waals surface area (Å²) in [5.41, 5.74) is 0.641. The highest BCUT2D eigenvalue weighted by atomic mass is 32.1. The predicted molar refractivity (Wildman–Crippen MR) is 147 cm³/mol. The van der Waals surface area contributed by atoms with Crippen LogP contribution in [0.2, 0.25) is 0 Å². The van der Waals surface area contributed by atoms with Crippen LogP contribution in [0, 0.1) is 11.2 Å². The number of pyridine rings is 1. The lowest BCUT2D eigenvalue weighted by molar-refractivity contribution is -0.120. The van der Waals surface area contributed by atoms with Crippen molar-refractivity contribution >= 4 is 41.0 Å². The van der Waals surface area contributed by atoms with Gasteiger partial charge in [0.2, 0.25) is 11.8 Å². The van der Waals surface area contributed by atoms with Crippen molar-refractivity contribution in [3.63, 3.8) is 0 Å². The Bertz CT molecular complexity index is 1320. The van der Waals surface area contributed by atoms with Gasteiger partial charge in [0.25, 0.3) is 0 Å². The van der Waals surface area contributed by atoms with Crippen LogP contribution in [0.5, 0.6) is 23.0 Å². The molecule has 1 saturated carbocycles.